The molecule has 1 heterocycles. The average Bonchev–Trinajstić information content (AvgIpc) is 2.88. The van der Waals surface area contributed by atoms with Crippen LogP contribution in [0.25, 0.3) is 11.3 Å². The third kappa shape index (κ3) is 3.62. The first kappa shape index (κ1) is 14.2. The molecule has 0 bridgehead atoms. The van der Waals surface area contributed by atoms with E-state index in [0.717, 1.165) is 40.6 Å². The average molecular weight is 278 g/mol. The van der Waals surface area contributed by atoms with Gasteiger partial charge in [0.1, 0.15) is 11.5 Å². The Labute approximate surface area is 119 Å². The molecular formula is C16H20ClNO. The van der Waals surface area contributed by atoms with Crippen molar-refractivity contribution >= 4 is 11.6 Å². The predicted octanol–water partition coefficient (Wildman–Crippen LogP) is 4.80. The van der Waals surface area contributed by atoms with E-state index < -0.39 is 0 Å². The van der Waals surface area contributed by atoms with E-state index in [-0.39, 0.29) is 0 Å². The van der Waals surface area contributed by atoms with E-state index in [4.69, 9.17) is 16.0 Å². The zero-order valence-corrected chi connectivity index (χ0v) is 12.4. The minimum Gasteiger partial charge on any atom is -0.460 e. The Morgan fingerprint density at radius 3 is 2.74 bits per heavy atom. The highest BCUT2D eigenvalue weighted by atomic mass is 35.5. The summed E-state index contributed by atoms with van der Waals surface area (Å²) >= 11 is 6.14. The molecule has 1 aromatic heterocycles. The second kappa shape index (κ2) is 6.27. The molecule has 2 nitrogen and oxygen atoms in total. The molecule has 3 heteroatoms. The molecule has 0 fully saturated rings. The monoisotopic (exact) mass is 277 g/mol. The molecule has 0 spiro atoms. The van der Waals surface area contributed by atoms with E-state index >= 15 is 0 Å². The van der Waals surface area contributed by atoms with Crippen LogP contribution in [0.1, 0.15) is 31.6 Å². The van der Waals surface area contributed by atoms with Crippen molar-refractivity contribution < 1.29 is 4.42 Å². The summed E-state index contributed by atoms with van der Waals surface area (Å²) in [5.41, 5.74) is 2.10. The zero-order valence-electron chi connectivity index (χ0n) is 11.7. The second-order valence-electron chi connectivity index (χ2n) is 4.92. The van der Waals surface area contributed by atoms with Gasteiger partial charge in [0.25, 0.3) is 0 Å². The van der Waals surface area contributed by atoms with Gasteiger partial charge < -0.3 is 9.73 Å². The Hall–Kier alpha value is -1.25. The van der Waals surface area contributed by atoms with E-state index in [1.165, 1.54) is 0 Å². The van der Waals surface area contributed by atoms with Gasteiger partial charge in [-0.2, -0.15) is 0 Å². The van der Waals surface area contributed by atoms with E-state index in [1.807, 2.05) is 37.3 Å². The Balaban J connectivity index is 2.09. The molecule has 2 aromatic rings. The van der Waals surface area contributed by atoms with Gasteiger partial charge in [0, 0.05) is 16.6 Å². The van der Waals surface area contributed by atoms with Crippen molar-refractivity contribution in [2.75, 3.05) is 0 Å². The maximum atomic E-state index is 6.14. The van der Waals surface area contributed by atoms with Crippen LogP contribution in [0.2, 0.25) is 5.02 Å². The number of hydrogen-bond acceptors (Lipinski definition) is 2. The molecule has 0 amide bonds. The van der Waals surface area contributed by atoms with E-state index in [2.05, 4.69) is 19.2 Å². The standard InChI is InChI=1S/C16H20ClNO/c1-4-12(3)18-10-14-7-8-16(19-14)13-6-5-11(2)15(17)9-13/h5-9,12,18H,4,10H2,1-3H3. The topological polar surface area (TPSA) is 25.2 Å². The second-order valence-corrected chi connectivity index (χ2v) is 5.33. The minimum absolute atomic E-state index is 0.502. The molecule has 0 aliphatic carbocycles. The van der Waals surface area contributed by atoms with Crippen molar-refractivity contribution in [2.24, 2.45) is 0 Å². The maximum Gasteiger partial charge on any atom is 0.134 e. The summed E-state index contributed by atoms with van der Waals surface area (Å²) < 4.78 is 5.84. The molecule has 0 aliphatic rings. The Morgan fingerprint density at radius 1 is 1.26 bits per heavy atom. The zero-order chi connectivity index (χ0) is 13.8. The highest BCUT2D eigenvalue weighted by Crippen LogP contribution is 2.26. The number of halogens is 1. The Kier molecular flexibility index (Phi) is 4.67. The molecule has 2 rings (SSSR count). The molecule has 0 saturated heterocycles. The lowest BCUT2D eigenvalue weighted by Gasteiger charge is -2.09. The molecule has 1 unspecified atom stereocenters. The smallest absolute Gasteiger partial charge is 0.134 e. The molecule has 19 heavy (non-hydrogen) atoms. The molecule has 1 atom stereocenters. The van der Waals surface area contributed by atoms with Crippen LogP contribution in [0.3, 0.4) is 0 Å². The molecule has 1 aromatic carbocycles. The summed E-state index contributed by atoms with van der Waals surface area (Å²) in [7, 11) is 0. The van der Waals surface area contributed by atoms with Gasteiger partial charge in [-0.3, -0.25) is 0 Å². The van der Waals surface area contributed by atoms with Crippen LogP contribution in [-0.4, -0.2) is 6.04 Å². The third-order valence-electron chi connectivity index (χ3n) is 3.36. The van der Waals surface area contributed by atoms with E-state index in [9.17, 15) is 0 Å². The van der Waals surface area contributed by atoms with E-state index in [1.54, 1.807) is 0 Å². The van der Waals surface area contributed by atoms with Crippen LogP contribution >= 0.6 is 11.6 Å². The maximum absolute atomic E-state index is 6.14. The largest absolute Gasteiger partial charge is 0.460 e. The SMILES string of the molecule is CCC(C)NCc1ccc(-c2ccc(C)c(Cl)c2)o1. The number of aryl methyl sites for hydroxylation is 1. The first-order chi connectivity index (χ1) is 9.10. The molecule has 0 aliphatic heterocycles. The van der Waals surface area contributed by atoms with Crippen LogP contribution in [0.15, 0.2) is 34.7 Å². The summed E-state index contributed by atoms with van der Waals surface area (Å²) in [6.07, 6.45) is 1.11. The van der Waals surface area contributed by atoms with E-state index in [0.29, 0.717) is 6.04 Å². The summed E-state index contributed by atoms with van der Waals surface area (Å²) in [5, 5.41) is 4.19. The van der Waals surface area contributed by atoms with Crippen molar-refractivity contribution in [3.8, 4) is 11.3 Å². The van der Waals surface area contributed by atoms with Gasteiger partial charge in [-0.25, -0.2) is 0 Å². The van der Waals surface area contributed by atoms with Crippen LogP contribution in [-0.2, 0) is 6.54 Å². The van der Waals surface area contributed by atoms with Crippen molar-refractivity contribution in [3.05, 3.63) is 46.7 Å². The first-order valence-corrected chi connectivity index (χ1v) is 7.06. The van der Waals surface area contributed by atoms with Crippen LogP contribution in [0.5, 0.6) is 0 Å². The third-order valence-corrected chi connectivity index (χ3v) is 3.76. The van der Waals surface area contributed by atoms with Gasteiger partial charge in [-0.05, 0) is 44.0 Å². The molecule has 102 valence electrons. The predicted molar refractivity (Wildman–Crippen MR) is 80.5 cm³/mol. The Morgan fingerprint density at radius 2 is 2.05 bits per heavy atom. The number of hydrogen-bond donors (Lipinski definition) is 1. The lowest BCUT2D eigenvalue weighted by Crippen LogP contribution is -2.24. The quantitative estimate of drug-likeness (QED) is 0.849. The van der Waals surface area contributed by atoms with Gasteiger partial charge in [-0.1, -0.05) is 30.7 Å². The van der Waals surface area contributed by atoms with Crippen LogP contribution in [0.4, 0.5) is 0 Å². The number of nitrogens with one attached hydrogen (secondary N) is 1. The van der Waals surface area contributed by atoms with Crippen LogP contribution < -0.4 is 5.32 Å². The number of furan rings is 1. The lowest BCUT2D eigenvalue weighted by atomic mass is 10.1. The minimum atomic E-state index is 0.502. The van der Waals surface area contributed by atoms with Gasteiger partial charge in [0.2, 0.25) is 0 Å². The summed E-state index contributed by atoms with van der Waals surface area (Å²) in [4.78, 5) is 0. The number of benzene rings is 1. The van der Waals surface area contributed by atoms with Crippen molar-refractivity contribution in [1.29, 1.82) is 0 Å². The summed E-state index contributed by atoms with van der Waals surface area (Å²) in [6, 6.07) is 10.5. The summed E-state index contributed by atoms with van der Waals surface area (Å²) in [6.45, 7) is 7.09. The fourth-order valence-electron chi connectivity index (χ4n) is 1.79. The van der Waals surface area contributed by atoms with Gasteiger partial charge in [0.15, 0.2) is 0 Å². The first-order valence-electron chi connectivity index (χ1n) is 6.68. The molecular weight excluding hydrogens is 258 g/mol. The molecule has 1 N–H and O–H groups in total. The summed E-state index contributed by atoms with van der Waals surface area (Å²) in [5.74, 6) is 1.81. The van der Waals surface area contributed by atoms with Gasteiger partial charge in [0.05, 0.1) is 6.54 Å². The van der Waals surface area contributed by atoms with Crippen molar-refractivity contribution in [3.63, 3.8) is 0 Å². The highest BCUT2D eigenvalue weighted by molar-refractivity contribution is 6.31. The van der Waals surface area contributed by atoms with Gasteiger partial charge in [-0.15, -0.1) is 0 Å². The van der Waals surface area contributed by atoms with Crippen LogP contribution in [0, 0.1) is 6.92 Å². The van der Waals surface area contributed by atoms with Crippen molar-refractivity contribution in [2.45, 2.75) is 39.8 Å². The fraction of sp³-hybridized carbons (Fsp3) is 0.375. The fourth-order valence-corrected chi connectivity index (χ4v) is 1.97. The van der Waals surface area contributed by atoms with Gasteiger partial charge >= 0.3 is 0 Å². The van der Waals surface area contributed by atoms with Crippen molar-refractivity contribution in [1.82, 2.24) is 5.32 Å². The number of rotatable bonds is 5. The molecule has 0 saturated carbocycles. The lowest BCUT2D eigenvalue weighted by molar-refractivity contribution is 0.457. The Bertz CT molecular complexity index is 547. The normalized spacial score (nSPS) is 12.6. The highest BCUT2D eigenvalue weighted by Gasteiger charge is 2.07. The molecule has 0 radical (unpaired) electrons.